The molecule has 3 nitrogen and oxygen atoms in total. The molecule has 4 heteroatoms. The predicted octanol–water partition coefficient (Wildman–Crippen LogP) is 3.64. The Bertz CT molecular complexity index is 565. The van der Waals surface area contributed by atoms with Crippen LogP contribution in [-0.2, 0) is 16.0 Å². The van der Waals surface area contributed by atoms with Crippen molar-refractivity contribution in [1.82, 2.24) is 0 Å². The van der Waals surface area contributed by atoms with Crippen molar-refractivity contribution in [1.29, 1.82) is 0 Å². The molecule has 1 aromatic carbocycles. The van der Waals surface area contributed by atoms with E-state index in [2.05, 4.69) is 16.9 Å². The molecule has 106 valence electrons. The molecule has 20 heavy (non-hydrogen) atoms. The number of hydrogen-bond donors (Lipinski definition) is 0. The Hall–Kier alpha value is -1.48. The van der Waals surface area contributed by atoms with E-state index in [9.17, 15) is 4.79 Å². The number of aryl methyl sites for hydroxylation is 1. The lowest BCUT2D eigenvalue weighted by atomic mass is 9.95. The first kappa shape index (κ1) is 13.5. The number of hydrogen-bond acceptors (Lipinski definition) is 3. The van der Waals surface area contributed by atoms with Crippen LogP contribution >= 0.6 is 11.6 Å². The predicted molar refractivity (Wildman–Crippen MR) is 77.3 cm³/mol. The van der Waals surface area contributed by atoms with Gasteiger partial charge in [-0.2, -0.15) is 0 Å². The van der Waals surface area contributed by atoms with E-state index in [0.717, 1.165) is 35.6 Å². The molecule has 0 fully saturated rings. The highest BCUT2D eigenvalue weighted by Gasteiger charge is 2.36. The Labute approximate surface area is 123 Å². The number of benzene rings is 1. The summed E-state index contributed by atoms with van der Waals surface area (Å²) in [4.78, 5) is 11.2. The molecule has 2 aliphatic rings. The zero-order valence-corrected chi connectivity index (χ0v) is 12.2. The van der Waals surface area contributed by atoms with Crippen LogP contribution in [0.15, 0.2) is 24.3 Å². The van der Waals surface area contributed by atoms with Gasteiger partial charge in [0.25, 0.3) is 0 Å². The molecule has 0 N–H and O–H groups in total. The highest BCUT2D eigenvalue weighted by atomic mass is 35.5. The average Bonchev–Trinajstić information content (AvgIpc) is 3.00. The first-order chi connectivity index (χ1) is 9.69. The molecular formula is C16H17ClO3. The molecule has 0 bridgehead atoms. The Morgan fingerprint density at radius 2 is 2.35 bits per heavy atom. The van der Waals surface area contributed by atoms with Crippen LogP contribution in [0.5, 0.6) is 5.75 Å². The van der Waals surface area contributed by atoms with Gasteiger partial charge >= 0.3 is 5.97 Å². The van der Waals surface area contributed by atoms with E-state index in [1.807, 2.05) is 12.1 Å². The summed E-state index contributed by atoms with van der Waals surface area (Å²) >= 11 is 6.22. The molecule has 1 heterocycles. The maximum absolute atomic E-state index is 11.2. The maximum atomic E-state index is 11.2. The van der Waals surface area contributed by atoms with Crippen LogP contribution in [-0.4, -0.2) is 19.2 Å². The molecule has 2 atom stereocenters. The van der Waals surface area contributed by atoms with Crippen molar-refractivity contribution in [3.8, 4) is 5.75 Å². The fourth-order valence-corrected chi connectivity index (χ4v) is 3.23. The van der Waals surface area contributed by atoms with E-state index >= 15 is 0 Å². The molecule has 3 rings (SSSR count). The molecule has 0 unspecified atom stereocenters. The van der Waals surface area contributed by atoms with E-state index in [0.29, 0.717) is 12.3 Å². The van der Waals surface area contributed by atoms with Crippen LogP contribution in [0.2, 0.25) is 5.02 Å². The number of ether oxygens (including phenoxy) is 2. The fourth-order valence-electron chi connectivity index (χ4n) is 2.98. The zero-order chi connectivity index (χ0) is 14.1. The molecule has 0 amide bonds. The molecule has 1 aromatic rings. The number of carbonyl (C=O) groups is 1. The minimum Gasteiger partial charge on any atom is -0.489 e. The molecule has 0 saturated heterocycles. The third-order valence-corrected chi connectivity index (χ3v) is 4.17. The summed E-state index contributed by atoms with van der Waals surface area (Å²) in [7, 11) is 1.41. The Kier molecular flexibility index (Phi) is 3.70. The van der Waals surface area contributed by atoms with Crippen molar-refractivity contribution in [3.05, 3.63) is 40.4 Å². The molecule has 0 aromatic heterocycles. The smallest absolute Gasteiger partial charge is 0.305 e. The van der Waals surface area contributed by atoms with Gasteiger partial charge < -0.3 is 9.47 Å². The van der Waals surface area contributed by atoms with Gasteiger partial charge in [-0.25, -0.2) is 0 Å². The van der Waals surface area contributed by atoms with Gasteiger partial charge in [-0.15, -0.1) is 0 Å². The van der Waals surface area contributed by atoms with Crippen LogP contribution in [0.1, 0.15) is 36.3 Å². The first-order valence-corrected chi connectivity index (χ1v) is 7.29. The summed E-state index contributed by atoms with van der Waals surface area (Å²) in [6, 6.07) is 3.95. The van der Waals surface area contributed by atoms with Gasteiger partial charge in [-0.05, 0) is 30.5 Å². The van der Waals surface area contributed by atoms with Crippen LogP contribution in [0, 0.1) is 0 Å². The van der Waals surface area contributed by atoms with Gasteiger partial charge in [0.1, 0.15) is 11.9 Å². The van der Waals surface area contributed by atoms with Gasteiger partial charge in [-0.3, -0.25) is 4.79 Å². The lowest BCUT2D eigenvalue weighted by Crippen LogP contribution is -2.11. The third-order valence-electron chi connectivity index (χ3n) is 3.95. The van der Waals surface area contributed by atoms with E-state index in [1.54, 1.807) is 0 Å². The second-order valence-corrected chi connectivity index (χ2v) is 5.70. The van der Waals surface area contributed by atoms with E-state index in [1.165, 1.54) is 12.7 Å². The van der Waals surface area contributed by atoms with E-state index < -0.39 is 0 Å². The lowest BCUT2D eigenvalue weighted by molar-refractivity contribution is -0.140. The topological polar surface area (TPSA) is 35.5 Å². The molecule has 0 spiro atoms. The lowest BCUT2D eigenvalue weighted by Gasteiger charge is -2.10. The number of fused-ring (bicyclic) bond motifs is 3. The van der Waals surface area contributed by atoms with Crippen molar-refractivity contribution in [3.63, 3.8) is 0 Å². The molecule has 1 aliphatic carbocycles. The quantitative estimate of drug-likeness (QED) is 0.628. The normalized spacial score (nSPS) is 22.3. The Balaban J connectivity index is 1.79. The second-order valence-electron chi connectivity index (χ2n) is 5.26. The van der Waals surface area contributed by atoms with Crippen LogP contribution < -0.4 is 4.74 Å². The number of carbonyl (C=O) groups excluding carboxylic acids is 1. The van der Waals surface area contributed by atoms with Gasteiger partial charge in [-0.1, -0.05) is 23.8 Å². The summed E-state index contributed by atoms with van der Waals surface area (Å²) in [6.45, 7) is 0. The van der Waals surface area contributed by atoms with Crippen molar-refractivity contribution < 1.29 is 14.3 Å². The molecule has 0 saturated carbocycles. The van der Waals surface area contributed by atoms with E-state index in [4.69, 9.17) is 16.3 Å². The maximum Gasteiger partial charge on any atom is 0.305 e. The highest BCUT2D eigenvalue weighted by molar-refractivity contribution is 6.30. The Morgan fingerprint density at radius 3 is 3.15 bits per heavy atom. The van der Waals surface area contributed by atoms with Crippen molar-refractivity contribution >= 4 is 17.6 Å². The number of halogens is 1. The Morgan fingerprint density at radius 1 is 1.50 bits per heavy atom. The highest BCUT2D eigenvalue weighted by Crippen LogP contribution is 2.46. The van der Waals surface area contributed by atoms with Crippen LogP contribution in [0.4, 0.5) is 0 Å². The standard InChI is InChI=1S/C16H17ClO3/c1-19-15(18)7-2-4-10-8-11(17)9-13-12-5-3-6-14(12)20-16(10)13/h3,5,8-9,12,14H,2,4,6-7H2,1H3/t12-,14-/m1/s1. The average molecular weight is 293 g/mol. The number of esters is 1. The first-order valence-electron chi connectivity index (χ1n) is 6.91. The molecule has 0 radical (unpaired) electrons. The summed E-state index contributed by atoms with van der Waals surface area (Å²) in [5.74, 6) is 1.13. The van der Waals surface area contributed by atoms with Gasteiger partial charge in [0.2, 0.25) is 0 Å². The van der Waals surface area contributed by atoms with E-state index in [-0.39, 0.29) is 12.1 Å². The third kappa shape index (κ3) is 2.42. The number of methoxy groups -OCH3 is 1. The molecular weight excluding hydrogens is 276 g/mol. The summed E-state index contributed by atoms with van der Waals surface area (Å²) in [6.07, 6.45) is 7.49. The monoisotopic (exact) mass is 292 g/mol. The fraction of sp³-hybridized carbons (Fsp3) is 0.438. The number of rotatable bonds is 4. The summed E-state index contributed by atoms with van der Waals surface area (Å²) in [5, 5.41) is 0.737. The SMILES string of the molecule is COC(=O)CCCc1cc(Cl)cc2c1O[C@@H]1CC=C[C@H]21. The van der Waals surface area contributed by atoms with Crippen molar-refractivity contribution in [2.75, 3.05) is 7.11 Å². The molecule has 1 aliphatic heterocycles. The van der Waals surface area contributed by atoms with Gasteiger partial charge in [0, 0.05) is 29.3 Å². The summed E-state index contributed by atoms with van der Waals surface area (Å²) in [5.41, 5.74) is 2.28. The van der Waals surface area contributed by atoms with Crippen LogP contribution in [0.25, 0.3) is 0 Å². The van der Waals surface area contributed by atoms with Crippen LogP contribution in [0.3, 0.4) is 0 Å². The largest absolute Gasteiger partial charge is 0.489 e. The van der Waals surface area contributed by atoms with Gasteiger partial charge in [0.15, 0.2) is 0 Å². The second kappa shape index (κ2) is 5.49. The van der Waals surface area contributed by atoms with Gasteiger partial charge in [0.05, 0.1) is 7.11 Å². The minimum atomic E-state index is -0.176. The van der Waals surface area contributed by atoms with Crippen molar-refractivity contribution in [2.45, 2.75) is 37.7 Å². The summed E-state index contributed by atoms with van der Waals surface area (Å²) < 4.78 is 10.7. The zero-order valence-electron chi connectivity index (χ0n) is 11.4. The minimum absolute atomic E-state index is 0.176. The van der Waals surface area contributed by atoms with Crippen molar-refractivity contribution in [2.24, 2.45) is 0 Å².